The van der Waals surface area contributed by atoms with Crippen molar-refractivity contribution < 1.29 is 22.3 Å². The molecule has 1 heterocycles. The van der Waals surface area contributed by atoms with Crippen LogP contribution >= 0.6 is 0 Å². The van der Waals surface area contributed by atoms with Gasteiger partial charge in [0.05, 0.1) is 11.0 Å². The van der Waals surface area contributed by atoms with E-state index in [4.69, 9.17) is 4.74 Å². The van der Waals surface area contributed by atoms with Gasteiger partial charge in [-0.05, 0) is 61.4 Å². The monoisotopic (exact) mass is 378 g/mol. The Kier molecular flexibility index (Phi) is 5.65. The van der Waals surface area contributed by atoms with E-state index in [1.165, 1.54) is 48.5 Å². The number of amides is 1. The molecule has 0 radical (unpaired) electrons. The molecule has 26 heavy (non-hydrogen) atoms. The molecule has 0 bridgehead atoms. The molecule has 0 aromatic heterocycles. The Morgan fingerprint density at radius 3 is 2.42 bits per heavy atom. The quantitative estimate of drug-likeness (QED) is 0.809. The second kappa shape index (κ2) is 7.94. The summed E-state index contributed by atoms with van der Waals surface area (Å²) in [6, 6.07) is 11.0. The maximum absolute atomic E-state index is 12.9. The number of hydrogen-bond acceptors (Lipinski definition) is 4. The summed E-state index contributed by atoms with van der Waals surface area (Å²) in [5, 5.41) is 2.62. The van der Waals surface area contributed by atoms with Gasteiger partial charge in [-0.25, -0.2) is 17.5 Å². The zero-order chi connectivity index (χ0) is 18.6. The number of sulfonamides is 1. The molecule has 2 aromatic carbocycles. The predicted octanol–water partition coefficient (Wildman–Crippen LogP) is 2.54. The van der Waals surface area contributed by atoms with E-state index in [-0.39, 0.29) is 17.5 Å². The number of rotatable bonds is 6. The molecule has 0 saturated carbocycles. The van der Waals surface area contributed by atoms with E-state index in [1.807, 2.05) is 0 Å². The van der Waals surface area contributed by atoms with Gasteiger partial charge < -0.3 is 10.1 Å². The number of anilines is 1. The third kappa shape index (κ3) is 4.66. The zero-order valence-electron chi connectivity index (χ0n) is 13.9. The lowest BCUT2D eigenvalue weighted by molar-refractivity contribution is 0.102. The molecule has 1 atom stereocenters. The number of benzene rings is 2. The Labute approximate surface area is 151 Å². The molecular weight excluding hydrogens is 359 g/mol. The highest BCUT2D eigenvalue weighted by atomic mass is 32.2. The average Bonchev–Trinajstić information content (AvgIpc) is 3.16. The van der Waals surface area contributed by atoms with Gasteiger partial charge in [-0.2, -0.15) is 0 Å². The topological polar surface area (TPSA) is 84.5 Å². The normalized spacial score (nSPS) is 17.2. The van der Waals surface area contributed by atoms with Gasteiger partial charge in [0.1, 0.15) is 5.82 Å². The number of carbonyl (C=O) groups excluding carboxylic acids is 1. The molecular formula is C18H19FN2O4S. The Morgan fingerprint density at radius 2 is 1.81 bits per heavy atom. The molecule has 1 aliphatic heterocycles. The fraction of sp³-hybridized carbons (Fsp3) is 0.278. The van der Waals surface area contributed by atoms with Crippen molar-refractivity contribution in [3.05, 3.63) is 59.9 Å². The van der Waals surface area contributed by atoms with Crippen LogP contribution in [0.3, 0.4) is 0 Å². The molecule has 2 N–H and O–H groups in total. The third-order valence-electron chi connectivity index (χ3n) is 4.05. The van der Waals surface area contributed by atoms with Crippen molar-refractivity contribution >= 4 is 21.6 Å². The number of carbonyl (C=O) groups is 1. The summed E-state index contributed by atoms with van der Waals surface area (Å²) in [5.74, 6) is -0.805. The first-order valence-corrected chi connectivity index (χ1v) is 9.71. The van der Waals surface area contributed by atoms with Crippen molar-refractivity contribution in [3.63, 3.8) is 0 Å². The van der Waals surface area contributed by atoms with E-state index in [9.17, 15) is 17.6 Å². The van der Waals surface area contributed by atoms with Crippen molar-refractivity contribution in [3.8, 4) is 0 Å². The van der Waals surface area contributed by atoms with Crippen LogP contribution in [0.5, 0.6) is 0 Å². The average molecular weight is 378 g/mol. The van der Waals surface area contributed by atoms with Gasteiger partial charge in [-0.15, -0.1) is 0 Å². The first-order valence-electron chi connectivity index (χ1n) is 8.22. The predicted molar refractivity (Wildman–Crippen MR) is 95.0 cm³/mol. The van der Waals surface area contributed by atoms with Gasteiger partial charge in [0.25, 0.3) is 5.91 Å². The standard InChI is InChI=1S/C18H19FN2O4S/c19-14-5-7-15(8-6-14)21-18(22)13-3-9-17(10-4-13)26(23,24)20-12-16-2-1-11-25-16/h3-10,16,20H,1-2,11-12H2,(H,21,22)/t16-/m0/s1. The Morgan fingerprint density at radius 1 is 1.12 bits per heavy atom. The van der Waals surface area contributed by atoms with Crippen molar-refractivity contribution in [2.45, 2.75) is 23.8 Å². The van der Waals surface area contributed by atoms with Crippen molar-refractivity contribution in [1.29, 1.82) is 0 Å². The van der Waals surface area contributed by atoms with Gasteiger partial charge in [-0.3, -0.25) is 4.79 Å². The van der Waals surface area contributed by atoms with Crippen molar-refractivity contribution in [2.24, 2.45) is 0 Å². The summed E-state index contributed by atoms with van der Waals surface area (Å²) in [6.07, 6.45) is 1.68. The van der Waals surface area contributed by atoms with Gasteiger partial charge in [0, 0.05) is 24.4 Å². The highest BCUT2D eigenvalue weighted by molar-refractivity contribution is 7.89. The van der Waals surface area contributed by atoms with Crippen LogP contribution in [0.25, 0.3) is 0 Å². The van der Waals surface area contributed by atoms with Crippen molar-refractivity contribution in [1.82, 2.24) is 4.72 Å². The summed E-state index contributed by atoms with van der Waals surface area (Å²) in [4.78, 5) is 12.3. The van der Waals surface area contributed by atoms with Gasteiger partial charge in [0.15, 0.2) is 0 Å². The molecule has 3 rings (SSSR count). The minimum Gasteiger partial charge on any atom is -0.377 e. The fourth-order valence-electron chi connectivity index (χ4n) is 2.61. The van der Waals surface area contributed by atoms with Crippen LogP contribution in [-0.2, 0) is 14.8 Å². The minimum absolute atomic E-state index is 0.0776. The Hall–Kier alpha value is -2.29. The van der Waals surface area contributed by atoms with E-state index >= 15 is 0 Å². The Bertz CT molecular complexity index is 861. The van der Waals surface area contributed by atoms with Gasteiger partial charge in [0.2, 0.25) is 10.0 Å². The summed E-state index contributed by atoms with van der Waals surface area (Å²) in [6.45, 7) is 0.888. The molecule has 1 fully saturated rings. The molecule has 8 heteroatoms. The maximum atomic E-state index is 12.9. The molecule has 0 spiro atoms. The van der Waals surface area contributed by atoms with E-state index in [2.05, 4.69) is 10.0 Å². The lowest BCUT2D eigenvalue weighted by Crippen LogP contribution is -2.31. The second-order valence-corrected chi connectivity index (χ2v) is 7.74. The second-order valence-electron chi connectivity index (χ2n) is 5.97. The van der Waals surface area contributed by atoms with Crippen LogP contribution in [0.4, 0.5) is 10.1 Å². The summed E-state index contributed by atoms with van der Waals surface area (Å²) in [7, 11) is -3.66. The highest BCUT2D eigenvalue weighted by Crippen LogP contribution is 2.15. The zero-order valence-corrected chi connectivity index (χ0v) is 14.8. The molecule has 0 unspecified atom stereocenters. The first-order chi connectivity index (χ1) is 12.4. The van der Waals surface area contributed by atoms with Crippen molar-refractivity contribution in [2.75, 3.05) is 18.5 Å². The van der Waals surface area contributed by atoms with Crippen LogP contribution in [0.2, 0.25) is 0 Å². The highest BCUT2D eigenvalue weighted by Gasteiger charge is 2.20. The number of ether oxygens (including phenoxy) is 1. The number of halogens is 1. The summed E-state index contributed by atoms with van der Waals surface area (Å²) >= 11 is 0. The molecule has 1 aliphatic rings. The third-order valence-corrected chi connectivity index (χ3v) is 5.49. The minimum atomic E-state index is -3.66. The van der Waals surface area contributed by atoms with E-state index in [0.717, 1.165) is 12.8 Å². The fourth-order valence-corrected chi connectivity index (χ4v) is 3.68. The SMILES string of the molecule is O=C(Nc1ccc(F)cc1)c1ccc(S(=O)(=O)NC[C@@H]2CCCO2)cc1. The maximum Gasteiger partial charge on any atom is 0.255 e. The first kappa shape index (κ1) is 18.5. The molecule has 0 aliphatic carbocycles. The molecule has 2 aromatic rings. The largest absolute Gasteiger partial charge is 0.377 e. The summed E-state index contributed by atoms with van der Waals surface area (Å²) in [5.41, 5.74) is 0.749. The van der Waals surface area contributed by atoms with Crippen LogP contribution in [0.15, 0.2) is 53.4 Å². The lowest BCUT2D eigenvalue weighted by atomic mass is 10.2. The molecule has 1 saturated heterocycles. The van der Waals surface area contributed by atoms with E-state index in [0.29, 0.717) is 17.9 Å². The van der Waals surface area contributed by atoms with E-state index in [1.54, 1.807) is 0 Å². The van der Waals surface area contributed by atoms with Gasteiger partial charge in [-0.1, -0.05) is 0 Å². The lowest BCUT2D eigenvalue weighted by Gasteiger charge is -2.12. The van der Waals surface area contributed by atoms with E-state index < -0.39 is 21.7 Å². The Balaban J connectivity index is 1.63. The van der Waals surface area contributed by atoms with Crippen LogP contribution in [0, 0.1) is 5.82 Å². The number of hydrogen-bond donors (Lipinski definition) is 2. The molecule has 1 amide bonds. The smallest absolute Gasteiger partial charge is 0.255 e. The molecule has 6 nitrogen and oxygen atoms in total. The van der Waals surface area contributed by atoms with Gasteiger partial charge >= 0.3 is 0 Å². The van der Waals surface area contributed by atoms with Crippen LogP contribution in [-0.4, -0.2) is 33.6 Å². The van der Waals surface area contributed by atoms with Crippen LogP contribution < -0.4 is 10.0 Å². The molecule has 138 valence electrons. The van der Waals surface area contributed by atoms with Crippen LogP contribution in [0.1, 0.15) is 23.2 Å². The number of nitrogens with one attached hydrogen (secondary N) is 2. The summed E-state index contributed by atoms with van der Waals surface area (Å²) < 4.78 is 45.4.